The standard InChI is InChI=1S/C17H24FN3O2/c18-16-3-1-15(2-4-16)13-19-5-7-20(8-6-19)14-17(22)21-9-11-23-12-10-21/h1-4H,5-14H2/p+2. The van der Waals surface area contributed by atoms with Crippen LogP contribution < -0.4 is 9.80 Å². The van der Waals surface area contributed by atoms with Gasteiger partial charge in [-0.1, -0.05) is 12.1 Å². The Labute approximate surface area is 136 Å². The van der Waals surface area contributed by atoms with Gasteiger partial charge in [0.1, 0.15) is 38.5 Å². The summed E-state index contributed by atoms with van der Waals surface area (Å²) >= 11 is 0. The summed E-state index contributed by atoms with van der Waals surface area (Å²) in [7, 11) is 0. The highest BCUT2D eigenvalue weighted by Crippen LogP contribution is 2.00. The number of hydrogen-bond donors (Lipinski definition) is 2. The first kappa shape index (κ1) is 16.4. The van der Waals surface area contributed by atoms with Crippen LogP contribution in [0.5, 0.6) is 0 Å². The molecule has 2 saturated heterocycles. The van der Waals surface area contributed by atoms with E-state index < -0.39 is 0 Å². The van der Waals surface area contributed by atoms with Gasteiger partial charge in [0.15, 0.2) is 6.54 Å². The van der Waals surface area contributed by atoms with Crippen molar-refractivity contribution in [1.29, 1.82) is 0 Å². The van der Waals surface area contributed by atoms with Gasteiger partial charge in [0.25, 0.3) is 5.91 Å². The second-order valence-corrected chi connectivity index (χ2v) is 6.47. The Morgan fingerprint density at radius 2 is 1.65 bits per heavy atom. The van der Waals surface area contributed by atoms with Crippen molar-refractivity contribution in [3.8, 4) is 0 Å². The molecular formula is C17H26FN3O2+2. The van der Waals surface area contributed by atoms with E-state index in [2.05, 4.69) is 0 Å². The molecule has 1 aromatic carbocycles. The van der Waals surface area contributed by atoms with Crippen molar-refractivity contribution >= 4 is 5.91 Å². The van der Waals surface area contributed by atoms with Gasteiger partial charge in [-0.05, 0) is 12.1 Å². The normalized spacial score (nSPS) is 25.3. The van der Waals surface area contributed by atoms with Crippen LogP contribution in [0.2, 0.25) is 0 Å². The zero-order valence-electron chi connectivity index (χ0n) is 13.5. The van der Waals surface area contributed by atoms with Crippen LogP contribution in [0.3, 0.4) is 0 Å². The fourth-order valence-corrected chi connectivity index (χ4v) is 3.34. The number of ether oxygens (including phenoxy) is 1. The molecule has 126 valence electrons. The second-order valence-electron chi connectivity index (χ2n) is 6.47. The van der Waals surface area contributed by atoms with Crippen LogP contribution >= 0.6 is 0 Å². The molecule has 23 heavy (non-hydrogen) atoms. The lowest BCUT2D eigenvalue weighted by Crippen LogP contribution is -3.28. The summed E-state index contributed by atoms with van der Waals surface area (Å²) in [6.07, 6.45) is 0. The molecule has 0 spiro atoms. The van der Waals surface area contributed by atoms with Crippen LogP contribution in [0.15, 0.2) is 24.3 Å². The minimum absolute atomic E-state index is 0.181. The number of rotatable bonds is 4. The lowest BCUT2D eigenvalue weighted by molar-refractivity contribution is -1.02. The fourth-order valence-electron chi connectivity index (χ4n) is 3.34. The topological polar surface area (TPSA) is 38.4 Å². The summed E-state index contributed by atoms with van der Waals surface area (Å²) in [5, 5.41) is 0. The molecule has 2 heterocycles. The van der Waals surface area contributed by atoms with E-state index in [0.29, 0.717) is 19.8 Å². The van der Waals surface area contributed by atoms with Gasteiger partial charge in [-0.3, -0.25) is 4.79 Å². The summed E-state index contributed by atoms with van der Waals surface area (Å²) in [5.74, 6) is 0.0740. The molecule has 0 saturated carbocycles. The lowest BCUT2D eigenvalue weighted by atomic mass is 10.2. The number of carbonyl (C=O) groups excluding carboxylic acids is 1. The molecule has 0 aromatic heterocycles. The molecule has 2 fully saturated rings. The van der Waals surface area contributed by atoms with Crippen molar-refractivity contribution < 1.29 is 23.7 Å². The summed E-state index contributed by atoms with van der Waals surface area (Å²) in [5.41, 5.74) is 1.18. The summed E-state index contributed by atoms with van der Waals surface area (Å²) < 4.78 is 18.2. The second kappa shape index (κ2) is 7.86. The van der Waals surface area contributed by atoms with E-state index in [-0.39, 0.29) is 11.7 Å². The van der Waals surface area contributed by atoms with Crippen molar-refractivity contribution in [2.75, 3.05) is 59.0 Å². The smallest absolute Gasteiger partial charge is 0.277 e. The SMILES string of the molecule is O=C(C[NH+]1CC[NH+](Cc2ccc(F)cc2)CC1)N1CCOCC1. The Balaban J connectivity index is 1.41. The molecule has 3 rings (SSSR count). The van der Waals surface area contributed by atoms with Gasteiger partial charge in [0.05, 0.1) is 13.2 Å². The molecular weight excluding hydrogens is 297 g/mol. The monoisotopic (exact) mass is 323 g/mol. The molecule has 0 radical (unpaired) electrons. The maximum absolute atomic E-state index is 12.9. The first-order valence-corrected chi connectivity index (χ1v) is 8.48. The van der Waals surface area contributed by atoms with Crippen LogP contribution in [0.1, 0.15) is 5.56 Å². The first-order valence-electron chi connectivity index (χ1n) is 8.48. The molecule has 0 atom stereocenters. The first-order chi connectivity index (χ1) is 11.2. The molecule has 2 N–H and O–H groups in total. The number of amides is 1. The van der Waals surface area contributed by atoms with Crippen molar-refractivity contribution in [1.82, 2.24) is 4.90 Å². The van der Waals surface area contributed by atoms with E-state index in [1.807, 2.05) is 17.0 Å². The molecule has 0 aliphatic carbocycles. The molecule has 2 aliphatic heterocycles. The highest BCUT2D eigenvalue weighted by molar-refractivity contribution is 5.77. The minimum atomic E-state index is -0.181. The predicted octanol–water partition coefficient (Wildman–Crippen LogP) is -2.03. The maximum Gasteiger partial charge on any atom is 0.277 e. The van der Waals surface area contributed by atoms with E-state index >= 15 is 0 Å². The van der Waals surface area contributed by atoms with Crippen molar-refractivity contribution in [3.05, 3.63) is 35.6 Å². The van der Waals surface area contributed by atoms with Gasteiger partial charge in [-0.15, -0.1) is 0 Å². The van der Waals surface area contributed by atoms with Gasteiger partial charge in [-0.25, -0.2) is 4.39 Å². The average molecular weight is 323 g/mol. The molecule has 0 bridgehead atoms. The molecule has 1 aromatic rings. The summed E-state index contributed by atoms with van der Waals surface area (Å²) in [4.78, 5) is 17.1. The zero-order chi connectivity index (χ0) is 16.1. The Morgan fingerprint density at radius 3 is 2.30 bits per heavy atom. The van der Waals surface area contributed by atoms with E-state index in [1.165, 1.54) is 27.5 Å². The van der Waals surface area contributed by atoms with Crippen molar-refractivity contribution in [2.24, 2.45) is 0 Å². The molecule has 5 nitrogen and oxygen atoms in total. The third-order valence-corrected chi connectivity index (χ3v) is 4.80. The fraction of sp³-hybridized carbons (Fsp3) is 0.588. The number of nitrogens with zero attached hydrogens (tertiary/aromatic N) is 1. The van der Waals surface area contributed by atoms with Crippen LogP contribution in [-0.2, 0) is 16.1 Å². The Morgan fingerprint density at radius 1 is 1.04 bits per heavy atom. The van der Waals surface area contributed by atoms with Gasteiger partial charge in [0.2, 0.25) is 0 Å². The molecule has 6 heteroatoms. The zero-order valence-corrected chi connectivity index (χ0v) is 13.5. The molecule has 0 unspecified atom stereocenters. The average Bonchev–Trinajstić information content (AvgIpc) is 2.59. The number of quaternary nitrogens is 2. The van der Waals surface area contributed by atoms with Crippen LogP contribution in [-0.4, -0.2) is 69.8 Å². The van der Waals surface area contributed by atoms with Crippen LogP contribution in [0.25, 0.3) is 0 Å². The van der Waals surface area contributed by atoms with E-state index in [0.717, 1.165) is 45.8 Å². The Hall–Kier alpha value is -1.50. The maximum atomic E-state index is 12.9. The molecule has 1 amide bonds. The van der Waals surface area contributed by atoms with Crippen molar-refractivity contribution in [2.45, 2.75) is 6.54 Å². The lowest BCUT2D eigenvalue weighted by Gasteiger charge is -2.32. The molecule has 2 aliphatic rings. The third kappa shape index (κ3) is 4.73. The van der Waals surface area contributed by atoms with Crippen molar-refractivity contribution in [3.63, 3.8) is 0 Å². The quantitative estimate of drug-likeness (QED) is 0.671. The number of hydrogen-bond acceptors (Lipinski definition) is 2. The number of carbonyl (C=O) groups is 1. The van der Waals surface area contributed by atoms with Gasteiger partial charge in [0, 0.05) is 18.7 Å². The highest BCUT2D eigenvalue weighted by Gasteiger charge is 2.27. The van der Waals surface area contributed by atoms with Crippen LogP contribution in [0, 0.1) is 5.82 Å². The Kier molecular flexibility index (Phi) is 5.59. The summed E-state index contributed by atoms with van der Waals surface area (Å²) in [6, 6.07) is 6.78. The number of nitrogens with one attached hydrogen (secondary N) is 2. The van der Waals surface area contributed by atoms with Gasteiger partial charge < -0.3 is 19.4 Å². The van der Waals surface area contributed by atoms with Gasteiger partial charge in [-0.2, -0.15) is 0 Å². The third-order valence-electron chi connectivity index (χ3n) is 4.80. The van der Waals surface area contributed by atoms with Crippen LogP contribution in [0.4, 0.5) is 4.39 Å². The number of morpholine rings is 1. The van der Waals surface area contributed by atoms with Gasteiger partial charge >= 0.3 is 0 Å². The van der Waals surface area contributed by atoms with E-state index in [4.69, 9.17) is 4.74 Å². The largest absolute Gasteiger partial charge is 0.378 e. The summed E-state index contributed by atoms with van der Waals surface area (Å²) in [6.45, 7) is 8.48. The number of piperazine rings is 1. The predicted molar refractivity (Wildman–Crippen MR) is 83.8 cm³/mol. The van der Waals surface area contributed by atoms with E-state index in [1.54, 1.807) is 0 Å². The minimum Gasteiger partial charge on any atom is -0.378 e. The number of benzene rings is 1. The number of halogens is 1. The van der Waals surface area contributed by atoms with E-state index in [9.17, 15) is 9.18 Å². The Bertz CT molecular complexity index is 509. The highest BCUT2D eigenvalue weighted by atomic mass is 19.1.